The molecule has 0 saturated carbocycles. The molecule has 3 rings (SSSR count). The molecule has 2 aromatic heterocycles. The Bertz CT molecular complexity index is 851. The molecule has 0 atom stereocenters. The Labute approximate surface area is 134 Å². The van der Waals surface area contributed by atoms with Crippen molar-refractivity contribution < 1.29 is 9.90 Å². The molecule has 0 aliphatic heterocycles. The summed E-state index contributed by atoms with van der Waals surface area (Å²) in [7, 11) is 0. The third kappa shape index (κ3) is 3.13. The van der Waals surface area contributed by atoms with Crippen LogP contribution in [0.3, 0.4) is 0 Å². The molecule has 0 saturated heterocycles. The molecule has 0 aliphatic rings. The van der Waals surface area contributed by atoms with Gasteiger partial charge in [-0.2, -0.15) is 5.10 Å². The highest BCUT2D eigenvalue weighted by atomic mass is 16.4. The van der Waals surface area contributed by atoms with E-state index in [1.165, 1.54) is 17.8 Å². The van der Waals surface area contributed by atoms with Gasteiger partial charge in [-0.3, -0.25) is 4.98 Å². The molecule has 116 valence electrons. The smallest absolute Gasteiger partial charge is 0.336 e. The van der Waals surface area contributed by atoms with Crippen LogP contribution in [0.4, 0.5) is 0 Å². The molecule has 0 bridgehead atoms. The van der Waals surface area contributed by atoms with Gasteiger partial charge in [0.25, 0.3) is 0 Å². The third-order valence-corrected chi connectivity index (χ3v) is 3.81. The van der Waals surface area contributed by atoms with Gasteiger partial charge in [0.15, 0.2) is 0 Å². The second-order valence-electron chi connectivity index (χ2n) is 5.53. The number of aromatic nitrogens is 3. The first kappa shape index (κ1) is 15.0. The molecule has 5 nitrogen and oxygen atoms in total. The Morgan fingerprint density at radius 2 is 1.87 bits per heavy atom. The van der Waals surface area contributed by atoms with Crippen LogP contribution in [0.1, 0.15) is 32.7 Å². The maximum absolute atomic E-state index is 11.3. The number of hydrogen-bond acceptors (Lipinski definition) is 3. The van der Waals surface area contributed by atoms with E-state index in [2.05, 4.69) is 10.1 Å². The number of carboxylic acids is 1. The zero-order valence-corrected chi connectivity index (χ0v) is 13.0. The molecule has 0 aliphatic carbocycles. The molecule has 3 aromatic rings. The lowest BCUT2D eigenvalue weighted by atomic mass is 10.0. The summed E-state index contributed by atoms with van der Waals surface area (Å²) in [6, 6.07) is 9.62. The van der Waals surface area contributed by atoms with Gasteiger partial charge in [0.1, 0.15) is 0 Å². The van der Waals surface area contributed by atoms with E-state index in [0.717, 1.165) is 16.9 Å². The molecule has 23 heavy (non-hydrogen) atoms. The van der Waals surface area contributed by atoms with Crippen LogP contribution in [0.5, 0.6) is 0 Å². The maximum Gasteiger partial charge on any atom is 0.336 e. The van der Waals surface area contributed by atoms with Gasteiger partial charge in [0.2, 0.25) is 0 Å². The minimum Gasteiger partial charge on any atom is -0.478 e. The van der Waals surface area contributed by atoms with Crippen LogP contribution in [0, 0.1) is 13.8 Å². The summed E-state index contributed by atoms with van der Waals surface area (Å²) in [5, 5.41) is 13.8. The molecule has 1 N–H and O–H groups in total. The van der Waals surface area contributed by atoms with Crippen LogP contribution in [-0.2, 0) is 6.42 Å². The summed E-state index contributed by atoms with van der Waals surface area (Å²) in [5.41, 5.74) is 5.01. The van der Waals surface area contributed by atoms with Gasteiger partial charge in [-0.1, -0.05) is 17.7 Å². The van der Waals surface area contributed by atoms with Gasteiger partial charge in [0.05, 0.1) is 16.9 Å². The molecule has 5 heteroatoms. The predicted molar refractivity (Wildman–Crippen MR) is 87.0 cm³/mol. The fraction of sp³-hybridized carbons (Fsp3) is 0.167. The molecular weight excluding hydrogens is 290 g/mol. The van der Waals surface area contributed by atoms with Gasteiger partial charge in [-0.15, -0.1) is 0 Å². The summed E-state index contributed by atoms with van der Waals surface area (Å²) in [5.74, 6) is -0.939. The van der Waals surface area contributed by atoms with E-state index >= 15 is 0 Å². The average Bonchev–Trinajstić information content (AvgIpc) is 2.89. The van der Waals surface area contributed by atoms with Crippen LogP contribution in [-0.4, -0.2) is 25.8 Å². The first-order chi connectivity index (χ1) is 11.0. The van der Waals surface area contributed by atoms with E-state index in [0.29, 0.717) is 12.0 Å². The van der Waals surface area contributed by atoms with Crippen LogP contribution >= 0.6 is 0 Å². The summed E-state index contributed by atoms with van der Waals surface area (Å²) in [4.78, 5) is 15.3. The van der Waals surface area contributed by atoms with Crippen molar-refractivity contribution in [2.75, 3.05) is 0 Å². The fourth-order valence-electron chi connectivity index (χ4n) is 2.48. The average molecular weight is 307 g/mol. The number of carbonyl (C=O) groups is 1. The minimum absolute atomic E-state index is 0.280. The number of carboxylic acid groups (broad SMARTS) is 1. The standard InChI is InChI=1S/C18H17N3O2/c1-12-3-5-16(6-4-12)21-11-15(13(2)20-21)9-14-10-19-8-7-17(14)18(22)23/h3-8,10-11H,9H2,1-2H3,(H,22,23). The zero-order chi connectivity index (χ0) is 16.4. The highest BCUT2D eigenvalue weighted by molar-refractivity contribution is 5.89. The van der Waals surface area contributed by atoms with Crippen molar-refractivity contribution in [1.82, 2.24) is 14.8 Å². The van der Waals surface area contributed by atoms with E-state index in [4.69, 9.17) is 0 Å². The highest BCUT2D eigenvalue weighted by Gasteiger charge is 2.13. The zero-order valence-electron chi connectivity index (χ0n) is 13.0. The predicted octanol–water partition coefficient (Wildman–Crippen LogP) is 3.17. The van der Waals surface area contributed by atoms with Crippen molar-refractivity contribution in [1.29, 1.82) is 0 Å². The topological polar surface area (TPSA) is 68.0 Å². The first-order valence-electron chi connectivity index (χ1n) is 7.33. The minimum atomic E-state index is -0.939. The van der Waals surface area contributed by atoms with Crippen molar-refractivity contribution in [3.05, 3.63) is 76.9 Å². The van der Waals surface area contributed by atoms with Crippen molar-refractivity contribution >= 4 is 5.97 Å². The number of pyridine rings is 1. The number of aryl methyl sites for hydroxylation is 2. The Balaban J connectivity index is 1.93. The Morgan fingerprint density at radius 3 is 2.57 bits per heavy atom. The molecule has 2 heterocycles. The Kier molecular flexibility index (Phi) is 3.93. The summed E-state index contributed by atoms with van der Waals surface area (Å²) < 4.78 is 1.82. The number of nitrogens with zero attached hydrogens (tertiary/aromatic N) is 3. The number of rotatable bonds is 4. The van der Waals surface area contributed by atoms with Crippen molar-refractivity contribution in [2.24, 2.45) is 0 Å². The molecule has 0 unspecified atom stereocenters. The van der Waals surface area contributed by atoms with E-state index in [1.807, 2.05) is 49.0 Å². The van der Waals surface area contributed by atoms with Crippen molar-refractivity contribution in [3.63, 3.8) is 0 Å². The van der Waals surface area contributed by atoms with Gasteiger partial charge in [-0.25, -0.2) is 9.48 Å². The lowest BCUT2D eigenvalue weighted by molar-refractivity contribution is 0.0695. The normalized spacial score (nSPS) is 10.7. The molecular formula is C18H17N3O2. The second kappa shape index (κ2) is 6.04. The largest absolute Gasteiger partial charge is 0.478 e. The summed E-state index contributed by atoms with van der Waals surface area (Å²) in [6.07, 6.45) is 5.54. The fourth-order valence-corrected chi connectivity index (χ4v) is 2.48. The first-order valence-corrected chi connectivity index (χ1v) is 7.33. The molecule has 0 radical (unpaired) electrons. The SMILES string of the molecule is Cc1ccc(-n2cc(Cc3cnccc3C(=O)O)c(C)n2)cc1. The van der Waals surface area contributed by atoms with Crippen molar-refractivity contribution in [2.45, 2.75) is 20.3 Å². The van der Waals surface area contributed by atoms with Gasteiger partial charge in [0, 0.05) is 25.0 Å². The lowest BCUT2D eigenvalue weighted by Gasteiger charge is -2.04. The highest BCUT2D eigenvalue weighted by Crippen LogP contribution is 2.18. The second-order valence-corrected chi connectivity index (χ2v) is 5.53. The lowest BCUT2D eigenvalue weighted by Crippen LogP contribution is -2.03. The monoisotopic (exact) mass is 307 g/mol. The van der Waals surface area contributed by atoms with E-state index in [-0.39, 0.29) is 5.56 Å². The van der Waals surface area contributed by atoms with E-state index in [1.54, 1.807) is 6.20 Å². The summed E-state index contributed by atoms with van der Waals surface area (Å²) in [6.45, 7) is 3.97. The van der Waals surface area contributed by atoms with E-state index < -0.39 is 5.97 Å². The number of hydrogen-bond donors (Lipinski definition) is 1. The van der Waals surface area contributed by atoms with Gasteiger partial charge in [-0.05, 0) is 43.2 Å². The molecule has 0 amide bonds. The Morgan fingerprint density at radius 1 is 1.13 bits per heavy atom. The number of benzene rings is 1. The molecule has 0 spiro atoms. The number of aromatic carboxylic acids is 1. The van der Waals surface area contributed by atoms with E-state index in [9.17, 15) is 9.90 Å². The molecule has 1 aromatic carbocycles. The molecule has 0 fully saturated rings. The van der Waals surface area contributed by atoms with Crippen LogP contribution in [0.2, 0.25) is 0 Å². The van der Waals surface area contributed by atoms with Crippen LogP contribution in [0.15, 0.2) is 48.9 Å². The quantitative estimate of drug-likeness (QED) is 0.804. The summed E-state index contributed by atoms with van der Waals surface area (Å²) >= 11 is 0. The van der Waals surface area contributed by atoms with Crippen LogP contribution < -0.4 is 0 Å². The van der Waals surface area contributed by atoms with Gasteiger partial charge >= 0.3 is 5.97 Å². The van der Waals surface area contributed by atoms with Crippen LogP contribution in [0.25, 0.3) is 5.69 Å². The van der Waals surface area contributed by atoms with Gasteiger partial charge < -0.3 is 5.11 Å². The van der Waals surface area contributed by atoms with Crippen molar-refractivity contribution in [3.8, 4) is 5.69 Å². The Hall–Kier alpha value is -2.95. The third-order valence-electron chi connectivity index (χ3n) is 3.81. The maximum atomic E-state index is 11.3.